The zero-order valence-corrected chi connectivity index (χ0v) is 10.7. The van der Waals surface area contributed by atoms with Crippen molar-refractivity contribution in [2.45, 2.75) is 37.6 Å². The molecule has 0 saturated carbocycles. The zero-order chi connectivity index (χ0) is 14.9. The monoisotopic (exact) mass is 284 g/mol. The molecular formula is C12H16N2O6. The highest BCUT2D eigenvalue weighted by molar-refractivity contribution is 5.49. The predicted octanol–water partition coefficient (Wildman–Crippen LogP) is -0.166. The van der Waals surface area contributed by atoms with Crippen molar-refractivity contribution in [3.8, 4) is 0 Å². The lowest BCUT2D eigenvalue weighted by Gasteiger charge is -2.39. The second kappa shape index (κ2) is 5.71. The highest BCUT2D eigenvalue weighted by Gasteiger charge is 2.41. The fourth-order valence-electron chi connectivity index (χ4n) is 2.01. The van der Waals surface area contributed by atoms with Crippen molar-refractivity contribution in [3.63, 3.8) is 0 Å². The van der Waals surface area contributed by atoms with Crippen LogP contribution in [0, 0.1) is 10.1 Å². The van der Waals surface area contributed by atoms with Gasteiger partial charge in [0.1, 0.15) is 18.3 Å². The number of nitrogens with zero attached hydrogens (tertiary/aromatic N) is 1. The number of aliphatic hydroxyl groups excluding tert-OH is 3. The van der Waals surface area contributed by atoms with E-state index in [0.717, 1.165) is 0 Å². The average molecular weight is 284 g/mol. The molecule has 1 aliphatic rings. The molecule has 4 N–H and O–H groups in total. The van der Waals surface area contributed by atoms with E-state index in [4.69, 9.17) is 4.74 Å². The fraction of sp³-hybridized carbons (Fsp3) is 0.500. The van der Waals surface area contributed by atoms with Crippen LogP contribution in [0.1, 0.15) is 6.92 Å². The minimum absolute atomic E-state index is 0.0514. The van der Waals surface area contributed by atoms with Crippen molar-refractivity contribution in [2.24, 2.45) is 0 Å². The van der Waals surface area contributed by atoms with Crippen LogP contribution in [-0.2, 0) is 4.74 Å². The molecule has 1 fully saturated rings. The van der Waals surface area contributed by atoms with Gasteiger partial charge in [0, 0.05) is 17.8 Å². The summed E-state index contributed by atoms with van der Waals surface area (Å²) in [5.41, 5.74) is 0.444. The maximum Gasteiger partial charge on any atom is 0.269 e. The number of non-ortho nitro benzene ring substituents is 1. The second-order valence-electron chi connectivity index (χ2n) is 4.68. The van der Waals surface area contributed by atoms with Crippen LogP contribution < -0.4 is 5.32 Å². The van der Waals surface area contributed by atoms with E-state index >= 15 is 0 Å². The minimum Gasteiger partial charge on any atom is -0.388 e. The average Bonchev–Trinajstić information content (AvgIpc) is 2.43. The predicted molar refractivity (Wildman–Crippen MR) is 69.1 cm³/mol. The summed E-state index contributed by atoms with van der Waals surface area (Å²) in [6.07, 6.45) is -5.36. The van der Waals surface area contributed by atoms with E-state index in [1.807, 2.05) is 0 Å². The third kappa shape index (κ3) is 2.88. The third-order valence-electron chi connectivity index (χ3n) is 3.24. The highest BCUT2D eigenvalue weighted by Crippen LogP contribution is 2.23. The maximum absolute atomic E-state index is 10.5. The lowest BCUT2D eigenvalue weighted by Crippen LogP contribution is -2.58. The first-order valence-corrected chi connectivity index (χ1v) is 6.11. The molecule has 1 aromatic carbocycles. The summed E-state index contributed by atoms with van der Waals surface area (Å²) in [5.74, 6) is 0. The molecule has 0 aliphatic carbocycles. The summed E-state index contributed by atoms with van der Waals surface area (Å²) < 4.78 is 5.36. The standard InChI is InChI=1S/C12H16N2O6/c1-6-9(15)10(16)11(17)12(20-6)13-7-2-4-8(5-3-7)14(18)19/h2-6,9-13,15-17H,1H3/t6-,9+,10-,11+,12-/m0/s1. The van der Waals surface area contributed by atoms with Crippen LogP contribution in [0.25, 0.3) is 0 Å². The van der Waals surface area contributed by atoms with Gasteiger partial charge in [-0.15, -0.1) is 0 Å². The van der Waals surface area contributed by atoms with Gasteiger partial charge < -0.3 is 25.4 Å². The molecule has 2 rings (SSSR count). The number of benzene rings is 1. The van der Waals surface area contributed by atoms with Gasteiger partial charge in [-0.2, -0.15) is 0 Å². The topological polar surface area (TPSA) is 125 Å². The molecule has 0 amide bonds. The summed E-state index contributed by atoms with van der Waals surface area (Å²) in [6.45, 7) is 1.57. The van der Waals surface area contributed by atoms with Gasteiger partial charge >= 0.3 is 0 Å². The second-order valence-corrected chi connectivity index (χ2v) is 4.68. The Labute approximate surface area is 114 Å². The number of aliphatic hydroxyl groups is 3. The van der Waals surface area contributed by atoms with Crippen LogP contribution in [0.4, 0.5) is 11.4 Å². The van der Waals surface area contributed by atoms with Gasteiger partial charge in [-0.3, -0.25) is 10.1 Å². The lowest BCUT2D eigenvalue weighted by molar-refractivity contribution is -0.384. The molecule has 1 aliphatic heterocycles. The summed E-state index contributed by atoms with van der Waals surface area (Å²) in [7, 11) is 0. The number of ether oxygens (including phenoxy) is 1. The number of hydrogen-bond acceptors (Lipinski definition) is 7. The summed E-state index contributed by atoms with van der Waals surface area (Å²) >= 11 is 0. The molecule has 110 valence electrons. The van der Waals surface area contributed by atoms with Gasteiger partial charge in [0.25, 0.3) is 5.69 Å². The minimum atomic E-state index is -1.32. The van der Waals surface area contributed by atoms with Crippen LogP contribution in [-0.4, -0.2) is 50.9 Å². The lowest BCUT2D eigenvalue weighted by atomic mass is 9.99. The van der Waals surface area contributed by atoms with Gasteiger partial charge in [-0.25, -0.2) is 0 Å². The molecule has 1 heterocycles. The van der Waals surface area contributed by atoms with E-state index in [2.05, 4.69) is 5.32 Å². The highest BCUT2D eigenvalue weighted by atomic mass is 16.6. The van der Waals surface area contributed by atoms with E-state index in [1.165, 1.54) is 24.3 Å². The number of hydrogen-bond donors (Lipinski definition) is 4. The third-order valence-corrected chi connectivity index (χ3v) is 3.24. The molecular weight excluding hydrogens is 268 g/mol. The molecule has 1 saturated heterocycles. The Balaban J connectivity index is 2.07. The quantitative estimate of drug-likeness (QED) is 0.448. The first-order chi connectivity index (χ1) is 9.40. The van der Waals surface area contributed by atoms with Crippen LogP contribution >= 0.6 is 0 Å². The van der Waals surface area contributed by atoms with Crippen molar-refractivity contribution in [1.82, 2.24) is 0 Å². The Morgan fingerprint density at radius 2 is 1.75 bits per heavy atom. The van der Waals surface area contributed by atoms with E-state index in [0.29, 0.717) is 5.69 Å². The largest absolute Gasteiger partial charge is 0.388 e. The van der Waals surface area contributed by atoms with Gasteiger partial charge in [0.15, 0.2) is 6.23 Å². The molecule has 0 unspecified atom stereocenters. The maximum atomic E-state index is 10.5. The molecule has 8 heteroatoms. The normalized spacial score (nSPS) is 33.7. The SMILES string of the molecule is C[C@@H]1O[C@H](Nc2ccc([N+](=O)[O-])cc2)[C@H](O)[C@@H](O)[C@@H]1O. The van der Waals surface area contributed by atoms with Crippen LogP contribution in [0.15, 0.2) is 24.3 Å². The Morgan fingerprint density at radius 3 is 2.30 bits per heavy atom. The summed E-state index contributed by atoms with van der Waals surface area (Å²) in [4.78, 5) is 10.0. The zero-order valence-electron chi connectivity index (χ0n) is 10.7. The number of nitrogens with one attached hydrogen (secondary N) is 1. The van der Waals surface area contributed by atoms with Crippen molar-refractivity contribution < 1.29 is 25.0 Å². The summed E-state index contributed by atoms with van der Waals surface area (Å²) in [5, 5.41) is 42.4. The molecule has 0 spiro atoms. The molecule has 0 bridgehead atoms. The number of anilines is 1. The van der Waals surface area contributed by atoms with E-state index < -0.39 is 35.6 Å². The van der Waals surface area contributed by atoms with Crippen molar-refractivity contribution >= 4 is 11.4 Å². The van der Waals surface area contributed by atoms with Crippen LogP contribution in [0.2, 0.25) is 0 Å². The smallest absolute Gasteiger partial charge is 0.269 e. The molecule has 0 aromatic heterocycles. The van der Waals surface area contributed by atoms with Gasteiger partial charge in [0.05, 0.1) is 11.0 Å². The van der Waals surface area contributed by atoms with Gasteiger partial charge in [-0.05, 0) is 19.1 Å². The van der Waals surface area contributed by atoms with Crippen molar-refractivity contribution in [3.05, 3.63) is 34.4 Å². The van der Waals surface area contributed by atoms with Crippen LogP contribution in [0.5, 0.6) is 0 Å². The molecule has 1 aromatic rings. The number of rotatable bonds is 3. The van der Waals surface area contributed by atoms with Crippen LogP contribution in [0.3, 0.4) is 0 Å². The molecule has 20 heavy (non-hydrogen) atoms. The van der Waals surface area contributed by atoms with E-state index in [-0.39, 0.29) is 5.69 Å². The van der Waals surface area contributed by atoms with Crippen molar-refractivity contribution in [1.29, 1.82) is 0 Å². The first-order valence-electron chi connectivity index (χ1n) is 6.11. The van der Waals surface area contributed by atoms with Gasteiger partial charge in [0.2, 0.25) is 0 Å². The number of nitro groups is 1. The fourth-order valence-corrected chi connectivity index (χ4v) is 2.01. The molecule has 8 nitrogen and oxygen atoms in total. The Kier molecular flexibility index (Phi) is 4.19. The van der Waals surface area contributed by atoms with Gasteiger partial charge in [-0.1, -0.05) is 0 Å². The Hall–Kier alpha value is -1.74. The summed E-state index contributed by atoms with van der Waals surface area (Å²) in [6, 6.07) is 5.56. The van der Waals surface area contributed by atoms with E-state index in [9.17, 15) is 25.4 Å². The van der Waals surface area contributed by atoms with Crippen molar-refractivity contribution in [2.75, 3.05) is 5.32 Å². The van der Waals surface area contributed by atoms with E-state index in [1.54, 1.807) is 6.92 Å². The molecule has 0 radical (unpaired) electrons. The Morgan fingerprint density at radius 1 is 1.15 bits per heavy atom. The molecule has 5 atom stereocenters. The number of nitro benzene ring substituents is 1. The first kappa shape index (κ1) is 14.7. The Bertz CT molecular complexity index is 479.